The van der Waals surface area contributed by atoms with Crippen molar-refractivity contribution in [2.45, 2.75) is 43.9 Å². The first-order chi connectivity index (χ1) is 18.3. The Bertz CT molecular complexity index is 1440. The molecule has 1 atom stereocenters. The van der Waals surface area contributed by atoms with Gasteiger partial charge in [-0.05, 0) is 37.0 Å². The Morgan fingerprint density at radius 1 is 0.974 bits per heavy atom. The van der Waals surface area contributed by atoms with Gasteiger partial charge in [-0.2, -0.15) is 5.10 Å². The summed E-state index contributed by atoms with van der Waals surface area (Å²) in [5, 5.41) is 21.1. The summed E-state index contributed by atoms with van der Waals surface area (Å²) in [6.45, 7) is 1.97. The molecule has 10 heteroatoms. The van der Waals surface area contributed by atoms with Crippen LogP contribution in [-0.4, -0.2) is 67.9 Å². The first kappa shape index (κ1) is 24.2. The molecule has 3 N–H and O–H groups in total. The molecule has 0 aliphatic carbocycles. The molecule has 2 fully saturated rings. The van der Waals surface area contributed by atoms with Crippen LogP contribution in [0, 0.1) is 0 Å². The standard InChI is InChI=1S/C28H27N5O5/c34-23-9-8-22(25(35)30-23)33-26(36)20-7-6-19(14-21(20)27(33)37)28(38)10-12-32(13-11-28)16-18-15-29-31-24(18)17-4-2-1-3-5-17/h1-7,14-15,22,38H,8-13,16H2,(H,29,31)(H,30,34,35). The minimum absolute atomic E-state index is 0.0664. The molecule has 1 aromatic heterocycles. The summed E-state index contributed by atoms with van der Waals surface area (Å²) >= 11 is 0. The second kappa shape index (κ2) is 9.30. The Labute approximate surface area is 218 Å². The number of carbonyl (C=O) groups is 4. The Balaban J connectivity index is 1.16. The number of aromatic amines is 1. The van der Waals surface area contributed by atoms with Gasteiger partial charge >= 0.3 is 0 Å². The van der Waals surface area contributed by atoms with E-state index in [9.17, 15) is 24.3 Å². The fraction of sp³-hybridized carbons (Fsp3) is 0.321. The first-order valence-corrected chi connectivity index (χ1v) is 12.7. The van der Waals surface area contributed by atoms with E-state index in [0.717, 1.165) is 21.7 Å². The van der Waals surface area contributed by atoms with Crippen LogP contribution in [0.1, 0.15) is 57.5 Å². The van der Waals surface area contributed by atoms with Gasteiger partial charge in [-0.25, -0.2) is 0 Å². The summed E-state index contributed by atoms with van der Waals surface area (Å²) < 4.78 is 0. The van der Waals surface area contributed by atoms with E-state index in [1.807, 2.05) is 36.5 Å². The van der Waals surface area contributed by atoms with E-state index in [1.54, 1.807) is 18.2 Å². The Morgan fingerprint density at radius 2 is 1.71 bits per heavy atom. The van der Waals surface area contributed by atoms with E-state index < -0.39 is 35.3 Å². The van der Waals surface area contributed by atoms with Crippen molar-refractivity contribution in [2.75, 3.05) is 13.1 Å². The summed E-state index contributed by atoms with van der Waals surface area (Å²) in [5.74, 6) is -2.18. The molecule has 0 spiro atoms. The highest BCUT2D eigenvalue weighted by molar-refractivity contribution is 6.23. The van der Waals surface area contributed by atoms with Crippen LogP contribution >= 0.6 is 0 Å². The lowest BCUT2D eigenvalue weighted by molar-refractivity contribution is -0.136. The molecule has 3 aromatic rings. The topological polar surface area (TPSA) is 136 Å². The number of benzene rings is 2. The lowest BCUT2D eigenvalue weighted by atomic mass is 9.83. The molecular formula is C28H27N5O5. The maximum Gasteiger partial charge on any atom is 0.262 e. The van der Waals surface area contributed by atoms with E-state index >= 15 is 0 Å². The molecule has 0 bridgehead atoms. The quantitative estimate of drug-likeness (QED) is 0.444. The average Bonchev–Trinajstić information content (AvgIpc) is 3.48. The number of rotatable bonds is 5. The molecule has 4 amide bonds. The number of fused-ring (bicyclic) bond motifs is 1. The number of hydrogen-bond donors (Lipinski definition) is 3. The number of aromatic nitrogens is 2. The number of nitrogens with one attached hydrogen (secondary N) is 2. The second-order valence-electron chi connectivity index (χ2n) is 10.1. The number of hydrogen-bond acceptors (Lipinski definition) is 7. The number of piperidine rings is 2. The van der Waals surface area contributed by atoms with Crippen LogP contribution in [0.2, 0.25) is 0 Å². The molecule has 6 rings (SSSR count). The number of amides is 4. The van der Waals surface area contributed by atoms with Crippen molar-refractivity contribution in [1.82, 2.24) is 25.3 Å². The highest BCUT2D eigenvalue weighted by Crippen LogP contribution is 2.37. The molecule has 194 valence electrons. The summed E-state index contributed by atoms with van der Waals surface area (Å²) in [4.78, 5) is 53.2. The van der Waals surface area contributed by atoms with Crippen molar-refractivity contribution in [2.24, 2.45) is 0 Å². The zero-order chi connectivity index (χ0) is 26.4. The Kier molecular flexibility index (Phi) is 5.93. The van der Waals surface area contributed by atoms with Gasteiger partial charge in [0.25, 0.3) is 11.8 Å². The Hall–Kier alpha value is -4.15. The van der Waals surface area contributed by atoms with Crippen molar-refractivity contribution < 1.29 is 24.3 Å². The van der Waals surface area contributed by atoms with E-state index in [0.29, 0.717) is 38.0 Å². The summed E-state index contributed by atoms with van der Waals surface area (Å²) in [5.41, 5.74) is 2.86. The highest BCUT2D eigenvalue weighted by Gasteiger charge is 2.45. The molecular weight excluding hydrogens is 486 g/mol. The van der Waals surface area contributed by atoms with Crippen LogP contribution in [-0.2, 0) is 21.7 Å². The van der Waals surface area contributed by atoms with Gasteiger partial charge in [0.1, 0.15) is 6.04 Å². The highest BCUT2D eigenvalue weighted by atomic mass is 16.3. The normalized spacial score (nSPS) is 21.5. The summed E-state index contributed by atoms with van der Waals surface area (Å²) in [6.07, 6.45) is 3.00. The molecule has 2 saturated heterocycles. The monoisotopic (exact) mass is 513 g/mol. The number of H-pyrrole nitrogens is 1. The van der Waals surface area contributed by atoms with Crippen molar-refractivity contribution >= 4 is 23.6 Å². The zero-order valence-corrected chi connectivity index (χ0v) is 20.6. The van der Waals surface area contributed by atoms with E-state index in [4.69, 9.17) is 0 Å². The first-order valence-electron chi connectivity index (χ1n) is 12.7. The van der Waals surface area contributed by atoms with Crippen LogP contribution in [0.4, 0.5) is 0 Å². The minimum atomic E-state index is -1.14. The van der Waals surface area contributed by atoms with Crippen LogP contribution in [0.3, 0.4) is 0 Å². The number of nitrogens with zero attached hydrogens (tertiary/aromatic N) is 3. The van der Waals surface area contributed by atoms with Crippen molar-refractivity contribution in [1.29, 1.82) is 0 Å². The smallest absolute Gasteiger partial charge is 0.262 e. The van der Waals surface area contributed by atoms with Gasteiger partial charge in [-0.15, -0.1) is 0 Å². The Morgan fingerprint density at radius 3 is 2.45 bits per heavy atom. The third-order valence-corrected chi connectivity index (χ3v) is 7.82. The fourth-order valence-electron chi connectivity index (χ4n) is 5.65. The lowest BCUT2D eigenvalue weighted by Gasteiger charge is -2.38. The second-order valence-corrected chi connectivity index (χ2v) is 10.1. The van der Waals surface area contributed by atoms with Gasteiger partial charge in [-0.3, -0.25) is 39.4 Å². The molecule has 10 nitrogen and oxygen atoms in total. The van der Waals surface area contributed by atoms with Gasteiger partial charge in [0.05, 0.1) is 22.4 Å². The minimum Gasteiger partial charge on any atom is -0.385 e. The van der Waals surface area contributed by atoms with E-state index in [-0.39, 0.29) is 24.0 Å². The van der Waals surface area contributed by atoms with Gasteiger partial charge < -0.3 is 5.11 Å². The van der Waals surface area contributed by atoms with Crippen LogP contribution in [0.5, 0.6) is 0 Å². The van der Waals surface area contributed by atoms with Gasteiger partial charge in [-0.1, -0.05) is 36.4 Å². The average molecular weight is 514 g/mol. The van der Waals surface area contributed by atoms with Gasteiger partial charge in [0.15, 0.2) is 0 Å². The van der Waals surface area contributed by atoms with Gasteiger partial charge in [0, 0.05) is 43.4 Å². The van der Waals surface area contributed by atoms with Crippen molar-refractivity contribution in [3.05, 3.63) is 77.0 Å². The fourth-order valence-corrected chi connectivity index (χ4v) is 5.65. The molecule has 0 radical (unpaired) electrons. The number of carbonyl (C=O) groups excluding carboxylic acids is 4. The van der Waals surface area contributed by atoms with E-state index in [1.165, 1.54) is 0 Å². The maximum absolute atomic E-state index is 13.2. The maximum atomic E-state index is 13.2. The number of likely N-dealkylation sites (tertiary alicyclic amines) is 1. The molecule has 4 heterocycles. The predicted octanol–water partition coefficient (Wildman–Crippen LogP) is 1.96. The van der Waals surface area contributed by atoms with E-state index in [2.05, 4.69) is 20.4 Å². The van der Waals surface area contributed by atoms with Crippen LogP contribution < -0.4 is 5.32 Å². The molecule has 3 aliphatic heterocycles. The molecule has 3 aliphatic rings. The van der Waals surface area contributed by atoms with Crippen LogP contribution in [0.25, 0.3) is 11.3 Å². The number of aliphatic hydroxyl groups is 1. The summed E-state index contributed by atoms with van der Waals surface area (Å²) in [6, 6.07) is 13.8. The van der Waals surface area contributed by atoms with Crippen LogP contribution in [0.15, 0.2) is 54.7 Å². The molecule has 2 aromatic carbocycles. The zero-order valence-electron chi connectivity index (χ0n) is 20.6. The van der Waals surface area contributed by atoms with Gasteiger partial charge in [0.2, 0.25) is 11.8 Å². The van der Waals surface area contributed by atoms with Crippen molar-refractivity contribution in [3.63, 3.8) is 0 Å². The molecule has 1 unspecified atom stereocenters. The predicted molar refractivity (Wildman–Crippen MR) is 136 cm³/mol. The SMILES string of the molecule is O=C1CCC(N2C(=O)c3ccc(C4(O)CCN(Cc5c[nH]nc5-c5ccccc5)CC4)cc3C2=O)C(=O)N1. The molecule has 38 heavy (non-hydrogen) atoms. The largest absolute Gasteiger partial charge is 0.385 e. The lowest BCUT2D eigenvalue weighted by Crippen LogP contribution is -2.54. The summed E-state index contributed by atoms with van der Waals surface area (Å²) in [7, 11) is 0. The third kappa shape index (κ3) is 4.11. The number of imide groups is 2. The molecule has 0 saturated carbocycles. The third-order valence-electron chi connectivity index (χ3n) is 7.82. The van der Waals surface area contributed by atoms with Crippen molar-refractivity contribution in [3.8, 4) is 11.3 Å².